The first-order valence-electron chi connectivity index (χ1n) is 5.04. The number of Topliss-reactive ketones (excluding diaryl/α,β-unsaturated/α-hetero) is 1. The van der Waals surface area contributed by atoms with Crippen LogP contribution >= 0.6 is 27.3 Å². The number of halogens is 1. The smallest absolute Gasteiger partial charge is 0.195 e. The zero-order valence-corrected chi connectivity index (χ0v) is 12.4. The predicted octanol–water partition coefficient (Wildman–Crippen LogP) is 3.17. The van der Waals surface area contributed by atoms with Crippen molar-refractivity contribution in [3.05, 3.63) is 51.8 Å². The van der Waals surface area contributed by atoms with Gasteiger partial charge in [0.05, 0.1) is 0 Å². The van der Waals surface area contributed by atoms with Crippen LogP contribution in [0.4, 0.5) is 0 Å². The predicted molar refractivity (Wildman–Crippen MR) is 74.8 cm³/mol. The van der Waals surface area contributed by atoms with Gasteiger partial charge in [-0.15, -0.1) is 11.3 Å². The van der Waals surface area contributed by atoms with E-state index in [1.54, 1.807) is 35.7 Å². The first-order chi connectivity index (χ1) is 8.49. The van der Waals surface area contributed by atoms with Crippen LogP contribution in [0.2, 0.25) is 0 Å². The van der Waals surface area contributed by atoms with E-state index in [-0.39, 0.29) is 4.21 Å². The summed E-state index contributed by atoms with van der Waals surface area (Å²) < 4.78 is 24.9. The molecule has 18 heavy (non-hydrogen) atoms. The lowest BCUT2D eigenvalue weighted by molar-refractivity contribution is 0.102. The molecule has 2 aromatic rings. The summed E-state index contributed by atoms with van der Waals surface area (Å²) in [4.78, 5) is 11.9. The van der Waals surface area contributed by atoms with Crippen molar-refractivity contribution in [2.75, 3.05) is 5.75 Å². The van der Waals surface area contributed by atoms with Crippen LogP contribution in [0.25, 0.3) is 0 Å². The lowest BCUT2D eigenvalue weighted by Gasteiger charge is -2.02. The molecule has 0 spiro atoms. The number of carbonyl (C=O) groups excluding carboxylic acids is 1. The Morgan fingerprint density at radius 1 is 1.22 bits per heavy atom. The van der Waals surface area contributed by atoms with Crippen molar-refractivity contribution < 1.29 is 13.2 Å². The Bertz CT molecular complexity index is 660. The molecule has 0 aliphatic carbocycles. The van der Waals surface area contributed by atoms with E-state index in [2.05, 4.69) is 15.9 Å². The average molecular weight is 345 g/mol. The van der Waals surface area contributed by atoms with E-state index in [0.29, 0.717) is 5.56 Å². The monoisotopic (exact) mass is 344 g/mol. The van der Waals surface area contributed by atoms with Crippen molar-refractivity contribution in [3.8, 4) is 0 Å². The third-order valence-corrected chi connectivity index (χ3v) is 5.87. The highest BCUT2D eigenvalue weighted by molar-refractivity contribution is 9.10. The molecule has 6 heteroatoms. The summed E-state index contributed by atoms with van der Waals surface area (Å²) >= 11 is 4.37. The van der Waals surface area contributed by atoms with Gasteiger partial charge in [0.25, 0.3) is 0 Å². The molecule has 0 atom stereocenters. The van der Waals surface area contributed by atoms with Crippen LogP contribution in [0.15, 0.2) is 50.5 Å². The van der Waals surface area contributed by atoms with Gasteiger partial charge in [-0.1, -0.05) is 34.1 Å². The maximum Gasteiger partial charge on any atom is 0.195 e. The van der Waals surface area contributed by atoms with E-state index in [0.717, 1.165) is 15.8 Å². The van der Waals surface area contributed by atoms with Gasteiger partial charge in [-0.3, -0.25) is 4.79 Å². The summed E-state index contributed by atoms with van der Waals surface area (Å²) in [5, 5.41) is 1.68. The van der Waals surface area contributed by atoms with E-state index >= 15 is 0 Å². The van der Waals surface area contributed by atoms with Gasteiger partial charge in [-0.2, -0.15) is 0 Å². The normalized spacial score (nSPS) is 11.4. The van der Waals surface area contributed by atoms with Gasteiger partial charge in [0.1, 0.15) is 9.96 Å². The Hall–Kier alpha value is -0.980. The maximum absolute atomic E-state index is 11.9. The first kappa shape index (κ1) is 13.5. The molecule has 0 fully saturated rings. The first-order valence-corrected chi connectivity index (χ1v) is 8.36. The SMILES string of the molecule is O=C(CS(=O)(=O)c1cccs1)c1cccc(Br)c1. The molecular formula is C12H9BrO3S2. The highest BCUT2D eigenvalue weighted by Gasteiger charge is 2.21. The van der Waals surface area contributed by atoms with Gasteiger partial charge in [-0.25, -0.2) is 8.42 Å². The Kier molecular flexibility index (Phi) is 3.99. The fourth-order valence-corrected chi connectivity index (χ4v) is 4.15. The Morgan fingerprint density at radius 2 is 2.00 bits per heavy atom. The molecule has 0 amide bonds. The Labute approximate surface area is 118 Å². The van der Waals surface area contributed by atoms with Crippen molar-refractivity contribution in [2.45, 2.75) is 4.21 Å². The molecule has 0 radical (unpaired) electrons. The number of rotatable bonds is 4. The minimum atomic E-state index is -3.52. The van der Waals surface area contributed by atoms with Gasteiger partial charge in [0.2, 0.25) is 0 Å². The number of hydrogen-bond donors (Lipinski definition) is 0. The lowest BCUT2D eigenvalue weighted by Crippen LogP contribution is -2.15. The topological polar surface area (TPSA) is 51.2 Å². The Morgan fingerprint density at radius 3 is 2.61 bits per heavy atom. The highest BCUT2D eigenvalue weighted by atomic mass is 79.9. The van der Waals surface area contributed by atoms with Crippen molar-refractivity contribution in [3.63, 3.8) is 0 Å². The number of ketones is 1. The van der Waals surface area contributed by atoms with Crippen molar-refractivity contribution in [1.29, 1.82) is 0 Å². The van der Waals surface area contributed by atoms with E-state index in [9.17, 15) is 13.2 Å². The molecule has 1 aromatic carbocycles. The van der Waals surface area contributed by atoms with Gasteiger partial charge < -0.3 is 0 Å². The van der Waals surface area contributed by atoms with Crippen LogP contribution in [0, 0.1) is 0 Å². The molecule has 0 N–H and O–H groups in total. The van der Waals surface area contributed by atoms with Crippen LogP contribution in [-0.4, -0.2) is 20.0 Å². The van der Waals surface area contributed by atoms with E-state index < -0.39 is 21.4 Å². The minimum absolute atomic E-state index is 0.228. The molecule has 0 saturated carbocycles. The second kappa shape index (κ2) is 5.34. The van der Waals surface area contributed by atoms with E-state index in [1.165, 1.54) is 6.07 Å². The zero-order chi connectivity index (χ0) is 13.2. The van der Waals surface area contributed by atoms with Crippen LogP contribution in [0.1, 0.15) is 10.4 Å². The molecule has 0 unspecified atom stereocenters. The summed E-state index contributed by atoms with van der Waals surface area (Å²) in [7, 11) is -3.52. The highest BCUT2D eigenvalue weighted by Crippen LogP contribution is 2.19. The average Bonchev–Trinajstić information content (AvgIpc) is 2.82. The molecule has 0 saturated heterocycles. The third kappa shape index (κ3) is 3.07. The second-order valence-corrected chi connectivity index (χ2v) is 7.70. The molecule has 94 valence electrons. The fraction of sp³-hybridized carbons (Fsp3) is 0.0833. The third-order valence-electron chi connectivity index (χ3n) is 2.27. The molecule has 1 aromatic heterocycles. The summed E-state index contributed by atoms with van der Waals surface area (Å²) in [6.07, 6.45) is 0. The van der Waals surface area contributed by atoms with E-state index in [1.807, 2.05) is 0 Å². The molecule has 1 heterocycles. The van der Waals surface area contributed by atoms with Gasteiger partial charge in [0.15, 0.2) is 15.6 Å². The molecule has 0 aliphatic heterocycles. The number of thiophene rings is 1. The Balaban J connectivity index is 2.23. The minimum Gasteiger partial charge on any atom is -0.293 e. The van der Waals surface area contributed by atoms with E-state index in [4.69, 9.17) is 0 Å². The van der Waals surface area contributed by atoms with Crippen LogP contribution in [0.5, 0.6) is 0 Å². The molecular weight excluding hydrogens is 336 g/mol. The number of hydrogen-bond acceptors (Lipinski definition) is 4. The summed E-state index contributed by atoms with van der Waals surface area (Å²) in [5.74, 6) is -0.894. The van der Waals surface area contributed by atoms with Gasteiger partial charge in [-0.05, 0) is 23.6 Å². The van der Waals surface area contributed by atoms with Crippen LogP contribution in [0.3, 0.4) is 0 Å². The summed E-state index contributed by atoms with van der Waals surface area (Å²) in [6, 6.07) is 9.87. The molecule has 0 bridgehead atoms. The largest absolute Gasteiger partial charge is 0.293 e. The van der Waals surface area contributed by atoms with Crippen molar-refractivity contribution >= 4 is 42.9 Å². The molecule has 3 nitrogen and oxygen atoms in total. The van der Waals surface area contributed by atoms with Gasteiger partial charge >= 0.3 is 0 Å². The molecule has 0 aliphatic rings. The van der Waals surface area contributed by atoms with Gasteiger partial charge in [0, 0.05) is 10.0 Å². The number of sulfone groups is 1. The fourth-order valence-electron chi connectivity index (χ4n) is 1.43. The van der Waals surface area contributed by atoms with Crippen molar-refractivity contribution in [2.24, 2.45) is 0 Å². The second-order valence-electron chi connectivity index (χ2n) is 3.62. The quantitative estimate of drug-likeness (QED) is 0.800. The van der Waals surface area contributed by atoms with Crippen LogP contribution < -0.4 is 0 Å². The zero-order valence-electron chi connectivity index (χ0n) is 9.17. The lowest BCUT2D eigenvalue weighted by atomic mass is 10.2. The van der Waals surface area contributed by atoms with Crippen LogP contribution in [-0.2, 0) is 9.84 Å². The maximum atomic E-state index is 11.9. The standard InChI is InChI=1S/C12H9BrO3S2/c13-10-4-1-3-9(7-10)11(14)8-18(15,16)12-5-2-6-17-12/h1-7H,8H2. The van der Waals surface area contributed by atoms with Crippen molar-refractivity contribution in [1.82, 2.24) is 0 Å². The summed E-state index contributed by atoms with van der Waals surface area (Å²) in [5.41, 5.74) is 0.393. The number of carbonyl (C=O) groups is 1. The summed E-state index contributed by atoms with van der Waals surface area (Å²) in [6.45, 7) is 0. The molecule has 2 rings (SSSR count). The number of benzene rings is 1.